The normalized spacial score (nSPS) is 10.3. The van der Waals surface area contributed by atoms with Crippen LogP contribution in [0.2, 0.25) is 0 Å². The molecule has 0 spiro atoms. The van der Waals surface area contributed by atoms with Gasteiger partial charge in [0.05, 0.1) is 4.92 Å². The van der Waals surface area contributed by atoms with E-state index in [0.717, 1.165) is 12.1 Å². The van der Waals surface area contributed by atoms with E-state index in [4.69, 9.17) is 15.3 Å². The minimum Gasteiger partial charge on any atom is -0.319 e. The first kappa shape index (κ1) is 16.8. The molecular weight excluding hydrogens is 254 g/mol. The quantitative estimate of drug-likeness (QED) is 0.566. The van der Waals surface area contributed by atoms with Crippen molar-refractivity contribution < 1.29 is 20.4 Å². The molecule has 0 atom stereocenters. The van der Waals surface area contributed by atoms with E-state index >= 15 is 0 Å². The molecule has 0 aliphatic carbocycles. The molecule has 0 fully saturated rings. The van der Waals surface area contributed by atoms with E-state index in [1.807, 2.05) is 19.2 Å². The predicted molar refractivity (Wildman–Crippen MR) is 67.2 cm³/mol. The van der Waals surface area contributed by atoms with E-state index in [-0.39, 0.29) is 16.0 Å². The molecule has 1 rings (SSSR count). The Bertz CT molecular complexity index is 426. The first-order valence-corrected chi connectivity index (χ1v) is 5.45. The molecule has 0 amide bonds. The fourth-order valence-corrected chi connectivity index (χ4v) is 1.58. The van der Waals surface area contributed by atoms with Crippen molar-refractivity contribution in [2.75, 3.05) is 13.6 Å². The lowest BCUT2D eigenvalue weighted by Gasteiger charge is -2.24. The van der Waals surface area contributed by atoms with Crippen LogP contribution in [0.25, 0.3) is 0 Å². The lowest BCUT2D eigenvalue weighted by atomic mass is 9.84. The number of nitro benzene ring substituents is 1. The van der Waals surface area contributed by atoms with E-state index < -0.39 is 5.09 Å². The van der Waals surface area contributed by atoms with Crippen LogP contribution in [0.5, 0.6) is 0 Å². The van der Waals surface area contributed by atoms with Crippen LogP contribution < -0.4 is 5.32 Å². The highest BCUT2D eigenvalue weighted by Gasteiger charge is 2.20. The standard InChI is InChI=1S/C11H16N2O2.H2NO3/c1-11(2,8-12-3)9-4-6-10(7-5-9)13(14)15;2-1(3)4/h4-7,12H,8H2,1-3H3;(H2,2,3,4)/q;+1. The van der Waals surface area contributed by atoms with Gasteiger partial charge in [0.1, 0.15) is 4.91 Å². The topological polar surface area (TPSA) is 116 Å². The molecule has 8 heteroatoms. The number of likely N-dealkylation sites (N-methyl/N-ethyl adjacent to an activating group) is 1. The number of non-ortho nitro benzene ring substituents is 1. The van der Waals surface area contributed by atoms with Gasteiger partial charge in [-0.3, -0.25) is 10.1 Å². The Morgan fingerprint density at radius 3 is 1.95 bits per heavy atom. The molecule has 1 aromatic rings. The van der Waals surface area contributed by atoms with Crippen molar-refractivity contribution in [1.82, 2.24) is 5.32 Å². The van der Waals surface area contributed by atoms with Crippen molar-refractivity contribution in [2.45, 2.75) is 19.3 Å². The molecule has 0 heterocycles. The first-order valence-electron chi connectivity index (χ1n) is 5.45. The van der Waals surface area contributed by atoms with Gasteiger partial charge in [0, 0.05) is 24.1 Å². The van der Waals surface area contributed by atoms with Crippen molar-refractivity contribution in [3.63, 3.8) is 0 Å². The van der Waals surface area contributed by atoms with Crippen LogP contribution in [0.4, 0.5) is 5.69 Å². The maximum absolute atomic E-state index is 10.5. The number of nitro groups is 1. The molecule has 106 valence electrons. The largest absolute Gasteiger partial charge is 0.472 e. The van der Waals surface area contributed by atoms with Crippen molar-refractivity contribution in [2.24, 2.45) is 0 Å². The third-order valence-corrected chi connectivity index (χ3v) is 2.48. The van der Waals surface area contributed by atoms with Crippen LogP contribution in [0.1, 0.15) is 19.4 Å². The molecule has 0 saturated carbocycles. The Hall–Kier alpha value is -2.22. The minimum absolute atomic E-state index is 0.0100. The highest BCUT2D eigenvalue weighted by molar-refractivity contribution is 5.36. The average Bonchev–Trinajstić information content (AvgIpc) is 2.28. The van der Waals surface area contributed by atoms with Gasteiger partial charge in [-0.2, -0.15) is 0 Å². The molecule has 3 N–H and O–H groups in total. The summed E-state index contributed by atoms with van der Waals surface area (Å²) in [7, 11) is 1.90. The average molecular weight is 272 g/mol. The van der Waals surface area contributed by atoms with Gasteiger partial charge in [-0.05, 0) is 12.6 Å². The van der Waals surface area contributed by atoms with Crippen molar-refractivity contribution >= 4 is 5.69 Å². The van der Waals surface area contributed by atoms with E-state index in [1.165, 1.54) is 0 Å². The number of nitrogens with one attached hydrogen (secondary N) is 1. The highest BCUT2D eigenvalue weighted by atomic mass is 16.9. The van der Waals surface area contributed by atoms with Gasteiger partial charge in [-0.25, -0.2) is 10.4 Å². The highest BCUT2D eigenvalue weighted by Crippen LogP contribution is 2.24. The summed E-state index contributed by atoms with van der Waals surface area (Å²) in [6.07, 6.45) is 0. The second-order valence-corrected chi connectivity index (χ2v) is 4.47. The monoisotopic (exact) mass is 272 g/mol. The Morgan fingerprint density at radius 1 is 1.21 bits per heavy atom. The summed E-state index contributed by atoms with van der Waals surface area (Å²) >= 11 is 0. The number of benzene rings is 1. The lowest BCUT2D eigenvalue weighted by Crippen LogP contribution is -2.30. The summed E-state index contributed by atoms with van der Waals surface area (Å²) < 4.78 is 0. The van der Waals surface area contributed by atoms with Crippen LogP contribution in [0, 0.1) is 15.0 Å². The third kappa shape index (κ3) is 6.32. The Balaban J connectivity index is 0.000000711. The Labute approximate surface area is 110 Å². The zero-order chi connectivity index (χ0) is 15.1. The molecule has 0 saturated heterocycles. The van der Waals surface area contributed by atoms with Gasteiger partial charge < -0.3 is 5.32 Å². The van der Waals surface area contributed by atoms with E-state index in [2.05, 4.69) is 19.2 Å². The second kappa shape index (κ2) is 7.27. The van der Waals surface area contributed by atoms with Crippen molar-refractivity contribution in [3.05, 3.63) is 44.9 Å². The van der Waals surface area contributed by atoms with Crippen LogP contribution in [0.3, 0.4) is 0 Å². The summed E-state index contributed by atoms with van der Waals surface area (Å²) in [6, 6.07) is 6.73. The van der Waals surface area contributed by atoms with Crippen LogP contribution in [-0.4, -0.2) is 34.0 Å². The molecule has 0 radical (unpaired) electrons. The SMILES string of the molecule is CNCC(C)(C)c1ccc([N+](=O)[O-])cc1.O=[N+](O)O. The van der Waals surface area contributed by atoms with Crippen LogP contribution in [-0.2, 0) is 5.41 Å². The number of nitrogens with zero attached hydrogens (tertiary/aromatic N) is 2. The smallest absolute Gasteiger partial charge is 0.319 e. The summed E-state index contributed by atoms with van der Waals surface area (Å²) in [4.78, 5) is 18.6. The number of rotatable bonds is 4. The zero-order valence-corrected chi connectivity index (χ0v) is 11.0. The molecule has 1 aromatic carbocycles. The fourth-order valence-electron chi connectivity index (χ4n) is 1.58. The Kier molecular flexibility index (Phi) is 6.42. The van der Waals surface area contributed by atoms with Crippen LogP contribution in [0.15, 0.2) is 24.3 Å². The molecular formula is C11H18N3O5+. The zero-order valence-electron chi connectivity index (χ0n) is 11.0. The van der Waals surface area contributed by atoms with E-state index in [0.29, 0.717) is 0 Å². The maximum atomic E-state index is 10.5. The minimum atomic E-state index is -1.25. The van der Waals surface area contributed by atoms with Gasteiger partial charge in [-0.15, -0.1) is 0 Å². The van der Waals surface area contributed by atoms with Crippen molar-refractivity contribution in [3.8, 4) is 0 Å². The van der Waals surface area contributed by atoms with Crippen LogP contribution >= 0.6 is 0 Å². The summed E-state index contributed by atoms with van der Waals surface area (Å²) in [5, 5.41) is 26.1. The third-order valence-electron chi connectivity index (χ3n) is 2.48. The fraction of sp³-hybridized carbons (Fsp3) is 0.455. The molecule has 0 aliphatic rings. The summed E-state index contributed by atoms with van der Waals surface area (Å²) in [5.41, 5.74) is 1.23. The van der Waals surface area contributed by atoms with Gasteiger partial charge in [0.25, 0.3) is 5.69 Å². The summed E-state index contributed by atoms with van der Waals surface area (Å²) in [6.45, 7) is 5.04. The van der Waals surface area contributed by atoms with E-state index in [9.17, 15) is 10.1 Å². The van der Waals surface area contributed by atoms with Gasteiger partial charge >= 0.3 is 5.09 Å². The first-order chi connectivity index (χ1) is 8.70. The number of hydrogen-bond acceptors (Lipinski definition) is 4. The van der Waals surface area contributed by atoms with Gasteiger partial charge in [-0.1, -0.05) is 26.0 Å². The lowest BCUT2D eigenvalue weighted by molar-refractivity contribution is -0.969. The van der Waals surface area contributed by atoms with E-state index in [1.54, 1.807) is 12.1 Å². The number of hydrogen-bond donors (Lipinski definition) is 3. The molecule has 0 bridgehead atoms. The molecule has 0 unspecified atom stereocenters. The van der Waals surface area contributed by atoms with Gasteiger partial charge in [0.15, 0.2) is 0 Å². The molecule has 0 aliphatic heterocycles. The molecule has 19 heavy (non-hydrogen) atoms. The van der Waals surface area contributed by atoms with Crippen molar-refractivity contribution in [1.29, 1.82) is 0 Å². The predicted octanol–water partition coefficient (Wildman–Crippen LogP) is 1.64. The second-order valence-electron chi connectivity index (χ2n) is 4.47. The summed E-state index contributed by atoms with van der Waals surface area (Å²) in [5.74, 6) is 0. The Morgan fingerprint density at radius 2 is 1.63 bits per heavy atom. The maximum Gasteiger partial charge on any atom is 0.472 e. The van der Waals surface area contributed by atoms with Gasteiger partial charge in [0.2, 0.25) is 0 Å². The molecule has 8 nitrogen and oxygen atoms in total. The molecule has 0 aromatic heterocycles.